The molecule has 9 nitrogen and oxygen atoms in total. The molecule has 1 amide bonds. The van der Waals surface area contributed by atoms with E-state index in [-0.39, 0.29) is 23.8 Å². The SMILES string of the molecule is CS(=O)(=O)NC(=O)c1cc(F)c2nc(C3(O)CCC(OCc4c(-c5c(Cl)cccc5Cl)noc4C4CC4)CC3)sc2c1. The Morgan fingerprint density at radius 2 is 1.90 bits per heavy atom. The number of fused-ring (bicyclic) bond motifs is 1. The summed E-state index contributed by atoms with van der Waals surface area (Å²) in [5, 5.41) is 17.0. The fourth-order valence-electron chi connectivity index (χ4n) is 5.24. The summed E-state index contributed by atoms with van der Waals surface area (Å²) in [5.74, 6) is -0.638. The Kier molecular flexibility index (Phi) is 7.82. The third kappa shape index (κ3) is 5.93. The van der Waals surface area contributed by atoms with Gasteiger partial charge in [-0.1, -0.05) is 34.4 Å². The van der Waals surface area contributed by atoms with E-state index >= 15 is 0 Å². The lowest BCUT2D eigenvalue weighted by Crippen LogP contribution is -2.34. The molecule has 2 N–H and O–H groups in total. The van der Waals surface area contributed by atoms with Gasteiger partial charge in [0, 0.05) is 22.6 Å². The van der Waals surface area contributed by atoms with E-state index in [0.29, 0.717) is 62.6 Å². The van der Waals surface area contributed by atoms with E-state index in [2.05, 4.69) is 10.1 Å². The highest BCUT2D eigenvalue weighted by molar-refractivity contribution is 7.89. The van der Waals surface area contributed by atoms with Crippen LogP contribution in [-0.4, -0.2) is 41.9 Å². The first-order valence-corrected chi connectivity index (χ1v) is 16.8. The maximum absolute atomic E-state index is 14.8. The van der Waals surface area contributed by atoms with Crippen LogP contribution in [0.3, 0.4) is 0 Å². The number of hydrogen-bond acceptors (Lipinski definition) is 9. The molecule has 0 radical (unpaired) electrons. The Bertz CT molecular complexity index is 1780. The van der Waals surface area contributed by atoms with E-state index in [1.807, 2.05) is 4.72 Å². The van der Waals surface area contributed by atoms with Crippen LogP contribution in [-0.2, 0) is 27.0 Å². The fraction of sp³-hybridized carbons (Fsp3) is 0.393. The number of aliphatic hydroxyl groups is 1. The second-order valence-corrected chi connectivity index (χ2v) is 14.4. The third-order valence-corrected chi connectivity index (χ3v) is 9.96. The van der Waals surface area contributed by atoms with Crippen molar-refractivity contribution >= 4 is 60.7 Å². The minimum atomic E-state index is -3.81. The lowest BCUT2D eigenvalue weighted by Gasteiger charge is -2.34. The summed E-state index contributed by atoms with van der Waals surface area (Å²) < 4.78 is 51.9. The van der Waals surface area contributed by atoms with Crippen molar-refractivity contribution in [1.29, 1.82) is 0 Å². The number of sulfonamides is 1. The zero-order valence-corrected chi connectivity index (χ0v) is 25.5. The zero-order valence-electron chi connectivity index (χ0n) is 22.3. The van der Waals surface area contributed by atoms with Gasteiger partial charge >= 0.3 is 0 Å². The molecular weight excluding hydrogens is 628 g/mol. The van der Waals surface area contributed by atoms with Crippen molar-refractivity contribution in [3.63, 3.8) is 0 Å². The number of carbonyl (C=O) groups excluding carboxylic acids is 1. The van der Waals surface area contributed by atoms with Crippen LogP contribution >= 0.6 is 34.5 Å². The van der Waals surface area contributed by atoms with Gasteiger partial charge in [-0.05, 0) is 62.8 Å². The molecule has 0 aliphatic heterocycles. The van der Waals surface area contributed by atoms with Gasteiger partial charge in [-0.25, -0.2) is 22.5 Å². The summed E-state index contributed by atoms with van der Waals surface area (Å²) in [6.07, 6.45) is 4.45. The smallest absolute Gasteiger partial charge is 0.264 e. The van der Waals surface area contributed by atoms with Crippen LogP contribution in [0.25, 0.3) is 21.5 Å². The zero-order chi connectivity index (χ0) is 29.8. The maximum Gasteiger partial charge on any atom is 0.264 e. The number of ether oxygens (including phenoxy) is 1. The third-order valence-electron chi connectivity index (χ3n) is 7.58. The first kappa shape index (κ1) is 29.5. The second-order valence-electron chi connectivity index (χ2n) is 10.8. The highest BCUT2D eigenvalue weighted by Gasteiger charge is 2.39. The summed E-state index contributed by atoms with van der Waals surface area (Å²) in [6.45, 7) is 0.250. The number of carbonyl (C=O) groups is 1. The molecule has 2 heterocycles. The van der Waals surface area contributed by atoms with Crippen molar-refractivity contribution in [3.05, 3.63) is 68.1 Å². The highest BCUT2D eigenvalue weighted by Crippen LogP contribution is 2.47. The Labute approximate surface area is 255 Å². The Morgan fingerprint density at radius 3 is 2.55 bits per heavy atom. The number of hydrogen-bond donors (Lipinski definition) is 2. The van der Waals surface area contributed by atoms with Crippen LogP contribution in [0.5, 0.6) is 0 Å². The van der Waals surface area contributed by atoms with Crippen molar-refractivity contribution in [2.24, 2.45) is 0 Å². The molecule has 0 atom stereocenters. The molecule has 2 aromatic carbocycles. The predicted octanol–water partition coefficient (Wildman–Crippen LogP) is 6.31. The van der Waals surface area contributed by atoms with Gasteiger partial charge < -0.3 is 14.4 Å². The average molecular weight is 655 g/mol. The van der Waals surface area contributed by atoms with Gasteiger partial charge in [0.15, 0.2) is 5.82 Å². The summed E-state index contributed by atoms with van der Waals surface area (Å²) in [6, 6.07) is 7.58. The molecule has 0 bridgehead atoms. The van der Waals surface area contributed by atoms with Gasteiger partial charge in [0.05, 0.1) is 33.7 Å². The minimum Gasteiger partial charge on any atom is -0.383 e. The number of amides is 1. The quantitative estimate of drug-likeness (QED) is 0.226. The van der Waals surface area contributed by atoms with Crippen LogP contribution in [0.15, 0.2) is 34.9 Å². The first-order chi connectivity index (χ1) is 19.9. The van der Waals surface area contributed by atoms with Crippen LogP contribution in [0.1, 0.15) is 71.1 Å². The van der Waals surface area contributed by atoms with Crippen molar-refractivity contribution in [1.82, 2.24) is 14.9 Å². The molecule has 2 saturated carbocycles. The van der Waals surface area contributed by atoms with Gasteiger partial charge in [0.1, 0.15) is 27.6 Å². The van der Waals surface area contributed by atoms with Crippen LogP contribution in [0, 0.1) is 5.82 Å². The van der Waals surface area contributed by atoms with Crippen LogP contribution in [0.2, 0.25) is 10.0 Å². The monoisotopic (exact) mass is 653 g/mol. The molecule has 2 aliphatic rings. The Morgan fingerprint density at radius 1 is 1.21 bits per heavy atom. The number of thiazole rings is 1. The number of benzene rings is 2. The Balaban J connectivity index is 1.16. The molecule has 0 unspecified atom stereocenters. The molecule has 2 aliphatic carbocycles. The molecule has 42 heavy (non-hydrogen) atoms. The number of nitrogens with zero attached hydrogens (tertiary/aromatic N) is 2. The van der Waals surface area contributed by atoms with E-state index in [9.17, 15) is 22.7 Å². The van der Waals surface area contributed by atoms with Gasteiger partial charge in [-0.15, -0.1) is 11.3 Å². The first-order valence-electron chi connectivity index (χ1n) is 13.3. The van der Waals surface area contributed by atoms with Gasteiger partial charge in [0.25, 0.3) is 5.91 Å². The van der Waals surface area contributed by atoms with E-state index < -0.39 is 27.3 Å². The molecule has 4 aromatic rings. The average Bonchev–Trinajstić information content (AvgIpc) is 3.52. The van der Waals surface area contributed by atoms with Crippen molar-refractivity contribution in [2.45, 2.75) is 62.8 Å². The molecule has 0 spiro atoms. The Hall–Kier alpha value is -2.61. The molecule has 2 aromatic heterocycles. The summed E-state index contributed by atoms with van der Waals surface area (Å²) in [4.78, 5) is 16.6. The number of nitrogens with one attached hydrogen (secondary N) is 1. The van der Waals surface area contributed by atoms with Crippen LogP contribution in [0.4, 0.5) is 4.39 Å². The van der Waals surface area contributed by atoms with E-state index in [0.717, 1.165) is 47.8 Å². The van der Waals surface area contributed by atoms with E-state index in [1.165, 1.54) is 6.07 Å². The molecule has 14 heteroatoms. The molecule has 0 saturated heterocycles. The van der Waals surface area contributed by atoms with Crippen molar-refractivity contribution in [3.8, 4) is 11.3 Å². The van der Waals surface area contributed by atoms with Gasteiger partial charge in [0.2, 0.25) is 10.0 Å². The number of rotatable bonds is 8. The number of halogens is 3. The summed E-state index contributed by atoms with van der Waals surface area (Å²) in [5.41, 5.74) is 0.572. The standard InChI is InChI=1S/C28H26Cl2FN3O6S2/c1-42(37,38)34-26(35)15-11-20(31)24-21(12-15)41-27(32-24)28(36)9-7-16(8-10-28)39-13-17-23(33-40-25(17)14-5-6-14)22-18(29)3-2-4-19(22)30/h2-4,11-12,14,16,36H,5-10,13H2,1H3,(H,34,35). The minimum absolute atomic E-state index is 0.0172. The second kappa shape index (κ2) is 11.1. The van der Waals surface area contributed by atoms with Gasteiger partial charge in [-0.2, -0.15) is 0 Å². The predicted molar refractivity (Wildman–Crippen MR) is 157 cm³/mol. The van der Waals surface area contributed by atoms with Crippen molar-refractivity contribution in [2.75, 3.05) is 6.26 Å². The maximum atomic E-state index is 14.8. The lowest BCUT2D eigenvalue weighted by atomic mass is 9.83. The molecule has 2 fully saturated rings. The topological polar surface area (TPSA) is 132 Å². The molecule has 6 rings (SSSR count). The van der Waals surface area contributed by atoms with Crippen LogP contribution < -0.4 is 4.72 Å². The summed E-state index contributed by atoms with van der Waals surface area (Å²) >= 11 is 14.0. The summed E-state index contributed by atoms with van der Waals surface area (Å²) in [7, 11) is -3.81. The lowest BCUT2D eigenvalue weighted by molar-refractivity contribution is -0.0641. The van der Waals surface area contributed by atoms with Crippen molar-refractivity contribution < 1.29 is 32.0 Å². The highest BCUT2D eigenvalue weighted by atomic mass is 35.5. The van der Waals surface area contributed by atoms with Gasteiger partial charge in [-0.3, -0.25) is 4.79 Å². The fourth-order valence-corrected chi connectivity index (χ4v) is 7.44. The van der Waals surface area contributed by atoms with E-state index in [4.69, 9.17) is 32.5 Å². The largest absolute Gasteiger partial charge is 0.383 e. The van der Waals surface area contributed by atoms with E-state index in [1.54, 1.807) is 18.2 Å². The molecular formula is C28H26Cl2FN3O6S2. The number of aromatic nitrogens is 2. The normalized spacial score (nSPS) is 21.1. The molecule has 222 valence electrons.